The number of nitrogen functional groups attached to an aromatic ring is 1. The summed E-state index contributed by atoms with van der Waals surface area (Å²) in [5.74, 6) is 1.24. The van der Waals surface area contributed by atoms with Crippen molar-refractivity contribution in [3.05, 3.63) is 41.5 Å². The summed E-state index contributed by atoms with van der Waals surface area (Å²) in [6.45, 7) is 0. The number of anilines is 1. The molecule has 3 heterocycles. The molecule has 0 radical (unpaired) electrons. The molecule has 0 spiro atoms. The number of pyridine rings is 1. The normalized spacial score (nSPS) is 10.8. The third-order valence-electron chi connectivity index (χ3n) is 2.80. The van der Waals surface area contributed by atoms with Crippen molar-refractivity contribution in [2.24, 2.45) is 0 Å². The molecule has 7 heteroatoms. The van der Waals surface area contributed by atoms with E-state index < -0.39 is 0 Å². The standard InChI is InChI=1S/C13H13N5OS/c14-13-16-10(8-20-13)2-1-3-11-17-12(18-19-11)9-4-6-15-7-5-9/h4-8H,1-3H2,(H2,14,16). The van der Waals surface area contributed by atoms with Gasteiger partial charge in [0.25, 0.3) is 0 Å². The lowest BCUT2D eigenvalue weighted by atomic mass is 10.2. The maximum atomic E-state index is 5.59. The summed E-state index contributed by atoms with van der Waals surface area (Å²) in [6.07, 6.45) is 5.91. The first-order chi connectivity index (χ1) is 9.81. The van der Waals surface area contributed by atoms with Crippen LogP contribution in [0.15, 0.2) is 34.4 Å². The molecule has 0 aliphatic heterocycles. The molecule has 0 amide bonds. The number of nitrogens with two attached hydrogens (primary N) is 1. The molecule has 0 saturated heterocycles. The summed E-state index contributed by atoms with van der Waals surface area (Å²) >= 11 is 1.46. The SMILES string of the molecule is Nc1nc(CCCc2nc(-c3ccncc3)no2)cs1. The lowest BCUT2D eigenvalue weighted by Crippen LogP contribution is -1.92. The van der Waals surface area contributed by atoms with Crippen LogP contribution in [0.1, 0.15) is 18.0 Å². The minimum absolute atomic E-state index is 0.598. The molecule has 0 bridgehead atoms. The van der Waals surface area contributed by atoms with E-state index >= 15 is 0 Å². The van der Waals surface area contributed by atoms with Crippen molar-refractivity contribution in [3.8, 4) is 11.4 Å². The molecule has 0 aliphatic carbocycles. The third kappa shape index (κ3) is 3.00. The molecule has 0 unspecified atom stereocenters. The smallest absolute Gasteiger partial charge is 0.226 e. The lowest BCUT2D eigenvalue weighted by Gasteiger charge is -1.93. The monoisotopic (exact) mass is 287 g/mol. The van der Waals surface area contributed by atoms with Crippen LogP contribution in [0.2, 0.25) is 0 Å². The molecular weight excluding hydrogens is 274 g/mol. The molecule has 0 atom stereocenters. The summed E-state index contributed by atoms with van der Waals surface area (Å²) in [6, 6.07) is 3.71. The van der Waals surface area contributed by atoms with Gasteiger partial charge in [-0.1, -0.05) is 5.16 Å². The molecule has 102 valence electrons. The number of thiazole rings is 1. The predicted molar refractivity (Wildman–Crippen MR) is 76.1 cm³/mol. The van der Waals surface area contributed by atoms with Gasteiger partial charge in [-0.25, -0.2) is 4.98 Å². The Bertz CT molecular complexity index is 679. The maximum absolute atomic E-state index is 5.59. The van der Waals surface area contributed by atoms with Crippen molar-refractivity contribution in [2.45, 2.75) is 19.3 Å². The van der Waals surface area contributed by atoms with Crippen molar-refractivity contribution >= 4 is 16.5 Å². The number of aryl methyl sites for hydroxylation is 2. The van der Waals surface area contributed by atoms with Crippen LogP contribution in [-0.4, -0.2) is 20.1 Å². The van der Waals surface area contributed by atoms with E-state index in [1.807, 2.05) is 17.5 Å². The van der Waals surface area contributed by atoms with Gasteiger partial charge >= 0.3 is 0 Å². The van der Waals surface area contributed by atoms with Crippen molar-refractivity contribution in [1.82, 2.24) is 20.1 Å². The van der Waals surface area contributed by atoms with E-state index in [4.69, 9.17) is 10.3 Å². The second-order valence-corrected chi connectivity index (χ2v) is 5.17. The number of rotatable bonds is 5. The van der Waals surface area contributed by atoms with Crippen LogP contribution in [0.5, 0.6) is 0 Å². The molecule has 0 aliphatic rings. The topological polar surface area (TPSA) is 90.7 Å². The number of hydrogen-bond acceptors (Lipinski definition) is 7. The predicted octanol–water partition coefficient (Wildman–Crippen LogP) is 2.35. The zero-order chi connectivity index (χ0) is 13.8. The van der Waals surface area contributed by atoms with Gasteiger partial charge in [0.15, 0.2) is 5.13 Å². The van der Waals surface area contributed by atoms with Crippen LogP contribution in [0.25, 0.3) is 11.4 Å². The minimum atomic E-state index is 0.598. The quantitative estimate of drug-likeness (QED) is 0.774. The molecule has 3 rings (SSSR count). The van der Waals surface area contributed by atoms with Crippen LogP contribution in [-0.2, 0) is 12.8 Å². The fraction of sp³-hybridized carbons (Fsp3) is 0.231. The fourth-order valence-corrected chi connectivity index (χ4v) is 2.43. The van der Waals surface area contributed by atoms with Gasteiger partial charge in [0.1, 0.15) is 0 Å². The van der Waals surface area contributed by atoms with Crippen molar-refractivity contribution in [3.63, 3.8) is 0 Å². The zero-order valence-corrected chi connectivity index (χ0v) is 11.5. The van der Waals surface area contributed by atoms with Gasteiger partial charge < -0.3 is 10.3 Å². The molecule has 0 saturated carbocycles. The van der Waals surface area contributed by atoms with Crippen LogP contribution in [0.3, 0.4) is 0 Å². The van der Waals surface area contributed by atoms with Crippen LogP contribution < -0.4 is 5.73 Å². The van der Waals surface area contributed by atoms with E-state index in [0.29, 0.717) is 16.8 Å². The van der Waals surface area contributed by atoms with Gasteiger partial charge in [-0.05, 0) is 25.0 Å². The highest BCUT2D eigenvalue weighted by atomic mass is 32.1. The van der Waals surface area contributed by atoms with E-state index in [0.717, 1.165) is 30.5 Å². The second-order valence-electron chi connectivity index (χ2n) is 4.28. The Labute approximate surface area is 119 Å². The Morgan fingerprint density at radius 2 is 2.00 bits per heavy atom. The first-order valence-electron chi connectivity index (χ1n) is 6.24. The Kier molecular flexibility index (Phi) is 3.69. The first-order valence-corrected chi connectivity index (χ1v) is 7.12. The van der Waals surface area contributed by atoms with Gasteiger partial charge in [-0.3, -0.25) is 4.98 Å². The van der Waals surface area contributed by atoms with E-state index in [2.05, 4.69) is 20.1 Å². The average Bonchev–Trinajstić information content (AvgIpc) is 3.09. The molecule has 20 heavy (non-hydrogen) atoms. The van der Waals surface area contributed by atoms with Crippen molar-refractivity contribution in [2.75, 3.05) is 5.73 Å². The second kappa shape index (κ2) is 5.79. The first kappa shape index (κ1) is 12.7. The van der Waals surface area contributed by atoms with Gasteiger partial charge in [-0.15, -0.1) is 11.3 Å². The van der Waals surface area contributed by atoms with Gasteiger partial charge in [0, 0.05) is 29.8 Å². The summed E-state index contributed by atoms with van der Waals surface area (Å²) in [4.78, 5) is 12.5. The number of nitrogens with zero attached hydrogens (tertiary/aromatic N) is 4. The molecule has 0 fully saturated rings. The molecule has 3 aromatic heterocycles. The fourth-order valence-electron chi connectivity index (χ4n) is 1.83. The van der Waals surface area contributed by atoms with E-state index in [1.54, 1.807) is 12.4 Å². The van der Waals surface area contributed by atoms with E-state index in [9.17, 15) is 0 Å². The summed E-state index contributed by atoms with van der Waals surface area (Å²) < 4.78 is 5.24. The summed E-state index contributed by atoms with van der Waals surface area (Å²) in [7, 11) is 0. The maximum Gasteiger partial charge on any atom is 0.226 e. The summed E-state index contributed by atoms with van der Waals surface area (Å²) in [5.41, 5.74) is 7.51. The van der Waals surface area contributed by atoms with Crippen molar-refractivity contribution in [1.29, 1.82) is 0 Å². The molecule has 3 aromatic rings. The van der Waals surface area contributed by atoms with Crippen LogP contribution in [0, 0.1) is 0 Å². The minimum Gasteiger partial charge on any atom is -0.375 e. The summed E-state index contributed by atoms with van der Waals surface area (Å²) in [5, 5.41) is 6.56. The van der Waals surface area contributed by atoms with Crippen molar-refractivity contribution < 1.29 is 4.52 Å². The Morgan fingerprint density at radius 1 is 1.15 bits per heavy atom. The van der Waals surface area contributed by atoms with Crippen LogP contribution >= 0.6 is 11.3 Å². The van der Waals surface area contributed by atoms with Gasteiger partial charge in [0.05, 0.1) is 5.69 Å². The number of hydrogen-bond donors (Lipinski definition) is 1. The molecule has 0 aromatic carbocycles. The Hall–Kier alpha value is -2.28. The highest BCUT2D eigenvalue weighted by Gasteiger charge is 2.08. The Balaban J connectivity index is 1.58. The average molecular weight is 287 g/mol. The van der Waals surface area contributed by atoms with Gasteiger partial charge in [0.2, 0.25) is 11.7 Å². The third-order valence-corrected chi connectivity index (χ3v) is 3.52. The highest BCUT2D eigenvalue weighted by molar-refractivity contribution is 7.13. The molecule has 6 nitrogen and oxygen atoms in total. The van der Waals surface area contributed by atoms with E-state index in [-0.39, 0.29) is 0 Å². The highest BCUT2D eigenvalue weighted by Crippen LogP contribution is 2.16. The lowest BCUT2D eigenvalue weighted by molar-refractivity contribution is 0.376. The van der Waals surface area contributed by atoms with Crippen LogP contribution in [0.4, 0.5) is 5.13 Å². The largest absolute Gasteiger partial charge is 0.375 e. The van der Waals surface area contributed by atoms with E-state index in [1.165, 1.54) is 11.3 Å². The molecular formula is C13H13N5OS. The molecule has 2 N–H and O–H groups in total. The zero-order valence-electron chi connectivity index (χ0n) is 10.7. The number of aromatic nitrogens is 4. The van der Waals surface area contributed by atoms with Gasteiger partial charge in [-0.2, -0.15) is 4.98 Å². The Morgan fingerprint density at radius 3 is 2.75 bits per heavy atom.